The number of aromatic nitrogens is 3. The second kappa shape index (κ2) is 8.35. The quantitative estimate of drug-likeness (QED) is 0.592. The molecule has 28 heavy (non-hydrogen) atoms. The van der Waals surface area contributed by atoms with Gasteiger partial charge in [-0.25, -0.2) is 0 Å². The molecule has 0 spiro atoms. The zero-order valence-electron chi connectivity index (χ0n) is 16.0. The molecular formula is C21H21ClN4O2. The molecule has 6 nitrogen and oxygen atoms in total. The largest absolute Gasteiger partial charge is 0.314 e. The van der Waals surface area contributed by atoms with Crippen LogP contribution in [0.5, 0.6) is 0 Å². The minimum Gasteiger partial charge on any atom is -0.314 e. The molecule has 0 saturated carbocycles. The summed E-state index contributed by atoms with van der Waals surface area (Å²) in [7, 11) is 3.52. The summed E-state index contributed by atoms with van der Waals surface area (Å²) in [5, 5.41) is 4.70. The van der Waals surface area contributed by atoms with Gasteiger partial charge in [-0.2, -0.15) is 5.10 Å². The molecule has 0 aliphatic heterocycles. The monoisotopic (exact) mass is 396 g/mol. The van der Waals surface area contributed by atoms with Gasteiger partial charge in [0.1, 0.15) is 0 Å². The molecule has 2 heterocycles. The summed E-state index contributed by atoms with van der Waals surface area (Å²) in [6.45, 7) is 1.81. The van der Waals surface area contributed by atoms with Crippen LogP contribution < -0.4 is 4.90 Å². The number of carbonyl (C=O) groups excluding carboxylic acids is 2. The van der Waals surface area contributed by atoms with Gasteiger partial charge in [0.15, 0.2) is 5.78 Å². The van der Waals surface area contributed by atoms with Gasteiger partial charge in [0, 0.05) is 44.0 Å². The number of hydrogen-bond donors (Lipinski definition) is 0. The third-order valence-corrected chi connectivity index (χ3v) is 4.78. The molecule has 0 fully saturated rings. The highest BCUT2D eigenvalue weighted by Gasteiger charge is 2.14. The zero-order valence-corrected chi connectivity index (χ0v) is 16.8. The van der Waals surface area contributed by atoms with Gasteiger partial charge in [0.25, 0.3) is 0 Å². The van der Waals surface area contributed by atoms with E-state index in [1.165, 1.54) is 0 Å². The lowest BCUT2D eigenvalue weighted by molar-refractivity contribution is -0.118. The molecule has 3 aromatic rings. The minimum atomic E-state index is -0.0363. The van der Waals surface area contributed by atoms with Crippen LogP contribution in [-0.4, -0.2) is 33.5 Å². The number of nitrogens with zero attached hydrogens (tertiary/aromatic N) is 4. The van der Waals surface area contributed by atoms with Crippen LogP contribution in [0.25, 0.3) is 11.3 Å². The van der Waals surface area contributed by atoms with Crippen molar-refractivity contribution >= 4 is 29.0 Å². The van der Waals surface area contributed by atoms with E-state index in [1.807, 2.05) is 32.3 Å². The Kier molecular flexibility index (Phi) is 5.90. The smallest absolute Gasteiger partial charge is 0.226 e. The third-order valence-electron chi connectivity index (χ3n) is 4.48. The number of anilines is 1. The number of halogens is 1. The van der Waals surface area contributed by atoms with Gasteiger partial charge >= 0.3 is 0 Å². The topological polar surface area (TPSA) is 68.1 Å². The molecule has 0 saturated heterocycles. The van der Waals surface area contributed by atoms with Crippen molar-refractivity contribution < 1.29 is 9.59 Å². The van der Waals surface area contributed by atoms with Gasteiger partial charge in [0.2, 0.25) is 5.91 Å². The fourth-order valence-electron chi connectivity index (χ4n) is 2.86. The first kappa shape index (κ1) is 19.8. The summed E-state index contributed by atoms with van der Waals surface area (Å²) in [5.74, 6) is -0.0469. The zero-order chi connectivity index (χ0) is 20.3. The number of ketones is 1. The first-order chi connectivity index (χ1) is 13.4. The SMILES string of the molecule is CCC(=O)N(C)c1ccc(-c2ccc(C(=O)Cc3ccn(C)n3)cn2)cc1Cl. The van der Waals surface area contributed by atoms with Crippen molar-refractivity contribution in [3.05, 3.63) is 65.1 Å². The highest BCUT2D eigenvalue weighted by Crippen LogP contribution is 2.30. The van der Waals surface area contributed by atoms with E-state index in [-0.39, 0.29) is 18.1 Å². The fourth-order valence-corrected chi connectivity index (χ4v) is 3.17. The van der Waals surface area contributed by atoms with Crippen molar-refractivity contribution in [3.8, 4) is 11.3 Å². The predicted octanol–water partition coefficient (Wildman–Crippen LogP) is 3.93. The summed E-state index contributed by atoms with van der Waals surface area (Å²) in [5.41, 5.74) is 3.43. The van der Waals surface area contributed by atoms with Crippen molar-refractivity contribution in [2.45, 2.75) is 19.8 Å². The Bertz CT molecular complexity index is 1010. The van der Waals surface area contributed by atoms with E-state index in [2.05, 4.69) is 10.1 Å². The minimum absolute atomic E-state index is 0.0106. The summed E-state index contributed by atoms with van der Waals surface area (Å²) >= 11 is 6.36. The number of aryl methyl sites for hydroxylation is 1. The third kappa shape index (κ3) is 4.28. The van der Waals surface area contributed by atoms with Crippen molar-refractivity contribution in [1.82, 2.24) is 14.8 Å². The Hall–Kier alpha value is -2.99. The van der Waals surface area contributed by atoms with Gasteiger partial charge in [-0.3, -0.25) is 19.3 Å². The number of amides is 1. The molecule has 1 amide bonds. The van der Waals surface area contributed by atoms with Crippen LogP contribution in [0.4, 0.5) is 5.69 Å². The summed E-state index contributed by atoms with van der Waals surface area (Å²) in [4.78, 5) is 30.2. The Balaban J connectivity index is 1.77. The van der Waals surface area contributed by atoms with Crippen LogP contribution in [0.3, 0.4) is 0 Å². The Morgan fingerprint density at radius 3 is 2.54 bits per heavy atom. The predicted molar refractivity (Wildman–Crippen MR) is 110 cm³/mol. The van der Waals surface area contributed by atoms with Gasteiger partial charge in [-0.05, 0) is 30.3 Å². The van der Waals surface area contributed by atoms with Gasteiger partial charge in [-0.15, -0.1) is 0 Å². The van der Waals surface area contributed by atoms with Crippen LogP contribution in [0.2, 0.25) is 5.02 Å². The molecule has 0 unspecified atom stereocenters. The second-order valence-corrected chi connectivity index (χ2v) is 6.89. The molecule has 2 aromatic heterocycles. The molecule has 1 aromatic carbocycles. The number of pyridine rings is 1. The van der Waals surface area contributed by atoms with Crippen molar-refractivity contribution in [2.24, 2.45) is 7.05 Å². The summed E-state index contributed by atoms with van der Waals surface area (Å²) < 4.78 is 1.67. The van der Waals surface area contributed by atoms with Crippen LogP contribution >= 0.6 is 11.6 Å². The molecule has 0 bridgehead atoms. The number of benzene rings is 1. The first-order valence-corrected chi connectivity index (χ1v) is 9.31. The molecule has 0 aliphatic rings. The summed E-state index contributed by atoms with van der Waals surface area (Å²) in [6, 6.07) is 10.8. The molecule has 3 rings (SSSR count). The highest BCUT2D eigenvalue weighted by atomic mass is 35.5. The Labute approximate surface area is 168 Å². The normalized spacial score (nSPS) is 10.7. The maximum absolute atomic E-state index is 12.4. The van der Waals surface area contributed by atoms with Crippen molar-refractivity contribution in [3.63, 3.8) is 0 Å². The van der Waals surface area contributed by atoms with Crippen LogP contribution in [-0.2, 0) is 18.3 Å². The van der Waals surface area contributed by atoms with E-state index in [1.54, 1.807) is 47.1 Å². The summed E-state index contributed by atoms with van der Waals surface area (Å²) in [6.07, 6.45) is 4.02. The standard InChI is InChI=1S/C21H21ClN4O2/c1-4-21(28)26(3)19-8-6-14(11-17(19)22)18-7-5-15(13-23-18)20(27)12-16-9-10-25(2)24-16/h5-11,13H,4,12H2,1-3H3. The van der Waals surface area contributed by atoms with Gasteiger partial charge in [-0.1, -0.05) is 24.6 Å². The Morgan fingerprint density at radius 1 is 1.18 bits per heavy atom. The van der Waals surface area contributed by atoms with Gasteiger partial charge < -0.3 is 4.90 Å². The van der Waals surface area contributed by atoms with Crippen molar-refractivity contribution in [2.75, 3.05) is 11.9 Å². The molecule has 7 heteroatoms. The van der Waals surface area contributed by atoms with Crippen molar-refractivity contribution in [1.29, 1.82) is 0 Å². The number of carbonyl (C=O) groups is 2. The maximum atomic E-state index is 12.4. The van der Waals surface area contributed by atoms with E-state index >= 15 is 0 Å². The van der Waals surface area contributed by atoms with E-state index in [0.29, 0.717) is 28.4 Å². The molecular weight excluding hydrogens is 376 g/mol. The van der Waals surface area contributed by atoms with E-state index in [4.69, 9.17) is 11.6 Å². The maximum Gasteiger partial charge on any atom is 0.226 e. The lowest BCUT2D eigenvalue weighted by Crippen LogP contribution is -2.25. The molecule has 0 radical (unpaired) electrons. The molecule has 0 aliphatic carbocycles. The fraction of sp³-hybridized carbons (Fsp3) is 0.238. The lowest BCUT2D eigenvalue weighted by Gasteiger charge is -2.18. The molecule has 0 N–H and O–H groups in total. The van der Waals surface area contributed by atoms with E-state index in [0.717, 1.165) is 11.3 Å². The molecule has 144 valence electrons. The molecule has 0 atom stereocenters. The first-order valence-electron chi connectivity index (χ1n) is 8.93. The Morgan fingerprint density at radius 2 is 1.96 bits per heavy atom. The van der Waals surface area contributed by atoms with Crippen LogP contribution in [0, 0.1) is 0 Å². The van der Waals surface area contributed by atoms with Crippen LogP contribution in [0.1, 0.15) is 29.4 Å². The van der Waals surface area contributed by atoms with E-state index in [9.17, 15) is 9.59 Å². The number of hydrogen-bond acceptors (Lipinski definition) is 4. The lowest BCUT2D eigenvalue weighted by atomic mass is 10.1. The van der Waals surface area contributed by atoms with Gasteiger partial charge in [0.05, 0.1) is 28.5 Å². The van der Waals surface area contributed by atoms with E-state index < -0.39 is 0 Å². The highest BCUT2D eigenvalue weighted by molar-refractivity contribution is 6.34. The van der Waals surface area contributed by atoms with Crippen LogP contribution in [0.15, 0.2) is 48.8 Å². The number of rotatable bonds is 6. The second-order valence-electron chi connectivity index (χ2n) is 6.49. The average molecular weight is 397 g/mol. The average Bonchev–Trinajstić information content (AvgIpc) is 3.11. The number of Topliss-reactive ketones (excluding diaryl/α,β-unsaturated/α-hetero) is 1.